The van der Waals surface area contributed by atoms with Crippen LogP contribution in [0.15, 0.2) is 53.7 Å². The average molecular weight is 277 g/mol. The molecule has 0 aliphatic heterocycles. The van der Waals surface area contributed by atoms with E-state index in [9.17, 15) is 4.79 Å². The normalized spacial score (nSPS) is 11.3. The molecule has 4 rings (SSSR count). The highest BCUT2D eigenvalue weighted by Crippen LogP contribution is 2.25. The quantitative estimate of drug-likeness (QED) is 0.530. The van der Waals surface area contributed by atoms with Crippen LogP contribution in [-0.2, 0) is 7.05 Å². The molecule has 0 saturated carbocycles. The first-order valence-corrected chi connectivity index (χ1v) is 6.50. The van der Waals surface area contributed by atoms with Gasteiger partial charge < -0.3 is 4.57 Å². The number of hydrogen-bond acceptors (Lipinski definition) is 4. The molecular formula is C15H11N5O. The minimum Gasteiger partial charge on any atom is -0.318 e. The molecule has 0 aliphatic rings. The second-order valence-corrected chi connectivity index (χ2v) is 4.79. The molecule has 0 radical (unpaired) electrons. The number of nitrogens with zero attached hydrogens (tertiary/aromatic N) is 5. The highest BCUT2D eigenvalue weighted by Gasteiger charge is 2.15. The molecule has 0 fully saturated rings. The molecule has 0 saturated heterocycles. The topological polar surface area (TPSA) is 65.1 Å². The van der Waals surface area contributed by atoms with Crippen molar-refractivity contribution in [1.29, 1.82) is 0 Å². The number of rotatable bonds is 1. The van der Waals surface area contributed by atoms with Gasteiger partial charge in [0.25, 0.3) is 11.3 Å². The SMILES string of the molecule is Cn1ccc2nc3ncnn3c(-c3ccccc3)c2c1=O. The fourth-order valence-electron chi connectivity index (χ4n) is 2.48. The van der Waals surface area contributed by atoms with Crippen LogP contribution in [0.3, 0.4) is 0 Å². The van der Waals surface area contributed by atoms with Crippen molar-refractivity contribution in [3.63, 3.8) is 0 Å². The van der Waals surface area contributed by atoms with Gasteiger partial charge in [0.2, 0.25) is 0 Å². The summed E-state index contributed by atoms with van der Waals surface area (Å²) in [6.45, 7) is 0. The standard InChI is InChI=1S/C15H11N5O/c1-19-8-7-11-12(14(19)21)13(10-5-3-2-4-6-10)20-15(18-11)16-9-17-20/h2-9H,1H3. The first-order valence-electron chi connectivity index (χ1n) is 6.50. The average Bonchev–Trinajstić information content (AvgIpc) is 2.98. The summed E-state index contributed by atoms with van der Waals surface area (Å²) in [7, 11) is 1.72. The Labute approximate surface area is 119 Å². The number of fused-ring (bicyclic) bond motifs is 2. The minimum absolute atomic E-state index is 0.101. The summed E-state index contributed by atoms with van der Waals surface area (Å²) in [6, 6.07) is 11.5. The zero-order chi connectivity index (χ0) is 14.4. The molecule has 0 aliphatic carbocycles. The molecule has 6 nitrogen and oxygen atoms in total. The van der Waals surface area contributed by atoms with Crippen molar-refractivity contribution in [2.24, 2.45) is 7.05 Å². The maximum atomic E-state index is 12.5. The number of aromatic nitrogens is 5. The maximum Gasteiger partial charge on any atom is 0.261 e. The van der Waals surface area contributed by atoms with E-state index in [0.717, 1.165) is 5.56 Å². The lowest BCUT2D eigenvalue weighted by molar-refractivity contribution is 0.867. The van der Waals surface area contributed by atoms with Crippen molar-refractivity contribution in [1.82, 2.24) is 24.1 Å². The van der Waals surface area contributed by atoms with E-state index in [1.807, 2.05) is 36.4 Å². The van der Waals surface area contributed by atoms with Crippen LogP contribution in [0.25, 0.3) is 27.9 Å². The fourth-order valence-corrected chi connectivity index (χ4v) is 2.48. The summed E-state index contributed by atoms with van der Waals surface area (Å²) in [6.07, 6.45) is 3.15. The van der Waals surface area contributed by atoms with Gasteiger partial charge in [0.05, 0.1) is 16.6 Å². The highest BCUT2D eigenvalue weighted by atomic mass is 16.1. The predicted molar refractivity (Wildman–Crippen MR) is 79.0 cm³/mol. The molecule has 4 aromatic rings. The van der Waals surface area contributed by atoms with Gasteiger partial charge >= 0.3 is 0 Å². The lowest BCUT2D eigenvalue weighted by atomic mass is 10.1. The van der Waals surface area contributed by atoms with Crippen molar-refractivity contribution in [3.8, 4) is 11.3 Å². The highest BCUT2D eigenvalue weighted by molar-refractivity contribution is 5.93. The Balaban J connectivity index is 2.30. The van der Waals surface area contributed by atoms with Crippen LogP contribution >= 0.6 is 0 Å². The molecule has 21 heavy (non-hydrogen) atoms. The van der Waals surface area contributed by atoms with Crippen LogP contribution in [0, 0.1) is 0 Å². The van der Waals surface area contributed by atoms with Crippen molar-refractivity contribution in [3.05, 3.63) is 59.3 Å². The van der Waals surface area contributed by atoms with E-state index in [0.29, 0.717) is 22.4 Å². The molecule has 0 amide bonds. The molecule has 0 unspecified atom stereocenters. The Morgan fingerprint density at radius 3 is 2.71 bits per heavy atom. The van der Waals surface area contributed by atoms with Gasteiger partial charge in [0, 0.05) is 18.8 Å². The van der Waals surface area contributed by atoms with Gasteiger partial charge in [-0.2, -0.15) is 14.6 Å². The van der Waals surface area contributed by atoms with E-state index >= 15 is 0 Å². The van der Waals surface area contributed by atoms with Crippen molar-refractivity contribution in [2.75, 3.05) is 0 Å². The van der Waals surface area contributed by atoms with Gasteiger partial charge in [0.1, 0.15) is 6.33 Å². The molecule has 1 aromatic carbocycles. The molecule has 0 spiro atoms. The van der Waals surface area contributed by atoms with Crippen LogP contribution in [0.1, 0.15) is 0 Å². The molecular weight excluding hydrogens is 266 g/mol. The largest absolute Gasteiger partial charge is 0.318 e. The lowest BCUT2D eigenvalue weighted by Crippen LogP contribution is -2.18. The Bertz CT molecular complexity index is 1020. The Morgan fingerprint density at radius 1 is 1.10 bits per heavy atom. The lowest BCUT2D eigenvalue weighted by Gasteiger charge is -2.09. The summed E-state index contributed by atoms with van der Waals surface area (Å²) in [4.78, 5) is 21.1. The Kier molecular flexibility index (Phi) is 2.38. The van der Waals surface area contributed by atoms with E-state index in [1.54, 1.807) is 22.3 Å². The van der Waals surface area contributed by atoms with E-state index < -0.39 is 0 Å². The third-order valence-electron chi connectivity index (χ3n) is 3.49. The second kappa shape index (κ2) is 4.24. The van der Waals surface area contributed by atoms with Gasteiger partial charge in [0.15, 0.2) is 0 Å². The van der Waals surface area contributed by atoms with Gasteiger partial charge in [-0.1, -0.05) is 30.3 Å². The number of pyridine rings is 1. The zero-order valence-corrected chi connectivity index (χ0v) is 11.3. The second-order valence-electron chi connectivity index (χ2n) is 4.79. The van der Waals surface area contributed by atoms with Crippen molar-refractivity contribution in [2.45, 2.75) is 0 Å². The summed E-state index contributed by atoms with van der Waals surface area (Å²) in [5, 5.41) is 4.76. The fraction of sp³-hybridized carbons (Fsp3) is 0.0667. The van der Waals surface area contributed by atoms with E-state index in [1.165, 1.54) is 6.33 Å². The third kappa shape index (κ3) is 1.66. The summed E-state index contributed by atoms with van der Waals surface area (Å²) >= 11 is 0. The van der Waals surface area contributed by atoms with Crippen LogP contribution in [0.5, 0.6) is 0 Å². The summed E-state index contributed by atoms with van der Waals surface area (Å²) in [5.74, 6) is 0.481. The van der Waals surface area contributed by atoms with Crippen LogP contribution in [-0.4, -0.2) is 24.1 Å². The number of hydrogen-bond donors (Lipinski definition) is 0. The smallest absolute Gasteiger partial charge is 0.261 e. The van der Waals surface area contributed by atoms with Crippen molar-refractivity contribution >= 4 is 16.7 Å². The maximum absolute atomic E-state index is 12.5. The van der Waals surface area contributed by atoms with E-state index in [-0.39, 0.29) is 5.56 Å². The molecule has 102 valence electrons. The number of benzene rings is 1. The molecule has 0 bridgehead atoms. The predicted octanol–water partition coefficient (Wildman–Crippen LogP) is 1.64. The van der Waals surface area contributed by atoms with Gasteiger partial charge in [-0.05, 0) is 6.07 Å². The Morgan fingerprint density at radius 2 is 1.90 bits per heavy atom. The third-order valence-corrected chi connectivity index (χ3v) is 3.49. The van der Waals surface area contributed by atoms with E-state index in [4.69, 9.17) is 0 Å². The summed E-state index contributed by atoms with van der Waals surface area (Å²) in [5.41, 5.74) is 2.15. The molecule has 3 aromatic heterocycles. The van der Waals surface area contributed by atoms with Gasteiger partial charge in [-0.3, -0.25) is 4.79 Å². The molecule has 0 N–H and O–H groups in total. The van der Waals surface area contributed by atoms with Crippen LogP contribution in [0.4, 0.5) is 0 Å². The van der Waals surface area contributed by atoms with Crippen molar-refractivity contribution < 1.29 is 0 Å². The number of aryl methyl sites for hydroxylation is 1. The Hall–Kier alpha value is -3.02. The van der Waals surface area contributed by atoms with E-state index in [2.05, 4.69) is 15.1 Å². The van der Waals surface area contributed by atoms with Crippen LogP contribution < -0.4 is 5.56 Å². The molecule has 0 atom stereocenters. The minimum atomic E-state index is -0.101. The summed E-state index contributed by atoms with van der Waals surface area (Å²) < 4.78 is 3.15. The zero-order valence-electron chi connectivity index (χ0n) is 11.3. The van der Waals surface area contributed by atoms with Gasteiger partial charge in [-0.15, -0.1) is 0 Å². The molecule has 6 heteroatoms. The molecule has 3 heterocycles. The monoisotopic (exact) mass is 277 g/mol. The first-order chi connectivity index (χ1) is 10.3. The van der Waals surface area contributed by atoms with Gasteiger partial charge in [-0.25, -0.2) is 4.98 Å². The van der Waals surface area contributed by atoms with Crippen LogP contribution in [0.2, 0.25) is 0 Å². The first kappa shape index (κ1) is 11.8.